The lowest BCUT2D eigenvalue weighted by atomic mass is 10.0. The van der Waals surface area contributed by atoms with Crippen LogP contribution in [0.4, 0.5) is 5.82 Å². The van der Waals surface area contributed by atoms with E-state index < -0.39 is 0 Å². The SMILES string of the molecule is C=C/C(=C\C(=C)Nc1cc(CCc2cccc(CC)c2)ccn1)CC. The molecule has 1 N–H and O–H groups in total. The molecule has 0 spiro atoms. The summed E-state index contributed by atoms with van der Waals surface area (Å²) in [4.78, 5) is 4.39. The number of allylic oxidation sites excluding steroid dienone is 3. The smallest absolute Gasteiger partial charge is 0.130 e. The van der Waals surface area contributed by atoms with Crippen molar-refractivity contribution >= 4 is 5.82 Å². The molecular weight excluding hydrogens is 304 g/mol. The number of aromatic nitrogens is 1. The second-order valence-electron chi connectivity index (χ2n) is 6.15. The molecular formula is C23H28N2. The predicted octanol–water partition coefficient (Wildman–Crippen LogP) is 5.88. The average Bonchev–Trinajstić information content (AvgIpc) is 2.65. The molecule has 1 aromatic heterocycles. The maximum absolute atomic E-state index is 4.39. The molecule has 130 valence electrons. The van der Waals surface area contributed by atoms with Gasteiger partial charge in [0.25, 0.3) is 0 Å². The maximum atomic E-state index is 4.39. The molecule has 1 heterocycles. The van der Waals surface area contributed by atoms with Crippen molar-refractivity contribution in [3.05, 3.63) is 95.9 Å². The number of rotatable bonds is 9. The van der Waals surface area contributed by atoms with Gasteiger partial charge in [-0.1, -0.05) is 57.3 Å². The van der Waals surface area contributed by atoms with Crippen LogP contribution in [0.1, 0.15) is 37.0 Å². The van der Waals surface area contributed by atoms with Gasteiger partial charge < -0.3 is 5.32 Å². The van der Waals surface area contributed by atoms with Crippen molar-refractivity contribution in [2.24, 2.45) is 0 Å². The zero-order valence-electron chi connectivity index (χ0n) is 15.4. The van der Waals surface area contributed by atoms with Crippen LogP contribution in [0, 0.1) is 0 Å². The highest BCUT2D eigenvalue weighted by Crippen LogP contribution is 2.15. The fourth-order valence-corrected chi connectivity index (χ4v) is 2.72. The van der Waals surface area contributed by atoms with E-state index in [4.69, 9.17) is 0 Å². The molecule has 0 aliphatic carbocycles. The minimum Gasteiger partial charge on any atom is -0.341 e. The molecule has 1 aromatic carbocycles. The number of pyridine rings is 1. The van der Waals surface area contributed by atoms with Gasteiger partial charge in [0, 0.05) is 11.9 Å². The van der Waals surface area contributed by atoms with Gasteiger partial charge in [-0.2, -0.15) is 0 Å². The number of nitrogens with zero attached hydrogens (tertiary/aromatic N) is 1. The summed E-state index contributed by atoms with van der Waals surface area (Å²) in [5.41, 5.74) is 6.04. The van der Waals surface area contributed by atoms with Gasteiger partial charge in [-0.25, -0.2) is 4.98 Å². The van der Waals surface area contributed by atoms with Crippen LogP contribution in [0.3, 0.4) is 0 Å². The largest absolute Gasteiger partial charge is 0.341 e. The van der Waals surface area contributed by atoms with Crippen LogP contribution >= 0.6 is 0 Å². The maximum Gasteiger partial charge on any atom is 0.130 e. The molecule has 0 aliphatic rings. The fourth-order valence-electron chi connectivity index (χ4n) is 2.72. The Balaban J connectivity index is 1.99. The first-order valence-electron chi connectivity index (χ1n) is 8.96. The molecule has 0 atom stereocenters. The summed E-state index contributed by atoms with van der Waals surface area (Å²) in [6.07, 6.45) is 9.78. The lowest BCUT2D eigenvalue weighted by Gasteiger charge is -2.09. The highest BCUT2D eigenvalue weighted by Gasteiger charge is 2.01. The lowest BCUT2D eigenvalue weighted by Crippen LogP contribution is -2.00. The van der Waals surface area contributed by atoms with E-state index in [2.05, 4.69) is 73.7 Å². The van der Waals surface area contributed by atoms with Gasteiger partial charge in [-0.05, 0) is 66.2 Å². The highest BCUT2D eigenvalue weighted by atomic mass is 15.0. The molecule has 0 unspecified atom stereocenters. The minimum atomic E-state index is 0.831. The van der Waals surface area contributed by atoms with E-state index in [0.29, 0.717) is 0 Å². The van der Waals surface area contributed by atoms with Crippen molar-refractivity contribution in [2.45, 2.75) is 39.5 Å². The van der Waals surface area contributed by atoms with E-state index >= 15 is 0 Å². The second kappa shape index (κ2) is 9.63. The molecule has 0 radical (unpaired) electrons. The standard InChI is InChI=1S/C23H28N2/c1-5-19(6-2)15-18(4)25-23-17-22(13-14-24-23)12-11-21-10-8-9-20(7-3)16-21/h5,8-10,13-17H,1,4,6-7,11-12H2,2-3H3,(H,24,25)/b19-15+. The molecule has 0 bridgehead atoms. The zero-order chi connectivity index (χ0) is 18.1. The van der Waals surface area contributed by atoms with Crippen molar-refractivity contribution in [3.63, 3.8) is 0 Å². The first kappa shape index (κ1) is 18.7. The zero-order valence-corrected chi connectivity index (χ0v) is 15.4. The van der Waals surface area contributed by atoms with Crippen LogP contribution in [0.25, 0.3) is 0 Å². The Kier molecular flexibility index (Phi) is 7.21. The van der Waals surface area contributed by atoms with Gasteiger partial charge in [0.1, 0.15) is 5.82 Å². The Hall–Kier alpha value is -2.61. The van der Waals surface area contributed by atoms with E-state index in [1.54, 1.807) is 0 Å². The number of benzene rings is 1. The van der Waals surface area contributed by atoms with E-state index in [-0.39, 0.29) is 0 Å². The molecule has 2 aromatic rings. The monoisotopic (exact) mass is 332 g/mol. The summed E-state index contributed by atoms with van der Waals surface area (Å²) in [5.74, 6) is 0.834. The lowest BCUT2D eigenvalue weighted by molar-refractivity contribution is 0.949. The molecule has 2 rings (SSSR count). The number of nitrogens with one attached hydrogen (secondary N) is 1. The Bertz CT molecular complexity index is 756. The van der Waals surface area contributed by atoms with Gasteiger partial charge in [-0.3, -0.25) is 0 Å². The Morgan fingerprint density at radius 3 is 2.48 bits per heavy atom. The minimum absolute atomic E-state index is 0.831. The molecule has 0 aliphatic heterocycles. The molecule has 25 heavy (non-hydrogen) atoms. The topological polar surface area (TPSA) is 24.9 Å². The van der Waals surface area contributed by atoms with Gasteiger partial charge in [0.2, 0.25) is 0 Å². The number of hydrogen-bond donors (Lipinski definition) is 1. The molecule has 0 saturated carbocycles. The van der Waals surface area contributed by atoms with Crippen LogP contribution in [0.5, 0.6) is 0 Å². The third kappa shape index (κ3) is 6.07. The second-order valence-corrected chi connectivity index (χ2v) is 6.15. The van der Waals surface area contributed by atoms with Crippen molar-refractivity contribution in [1.29, 1.82) is 0 Å². The summed E-state index contributed by atoms with van der Waals surface area (Å²) in [5, 5.41) is 3.27. The molecule has 0 amide bonds. The summed E-state index contributed by atoms with van der Waals surface area (Å²) in [6.45, 7) is 12.2. The van der Waals surface area contributed by atoms with Gasteiger partial charge >= 0.3 is 0 Å². The summed E-state index contributed by atoms with van der Waals surface area (Å²) in [6, 6.07) is 13.0. The third-order valence-corrected chi connectivity index (χ3v) is 4.25. The van der Waals surface area contributed by atoms with Crippen molar-refractivity contribution < 1.29 is 0 Å². The van der Waals surface area contributed by atoms with Gasteiger partial charge in [0.15, 0.2) is 0 Å². The van der Waals surface area contributed by atoms with Crippen molar-refractivity contribution in [3.8, 4) is 0 Å². The molecule has 2 heteroatoms. The first-order valence-corrected chi connectivity index (χ1v) is 8.96. The molecule has 0 fully saturated rings. The molecule has 2 nitrogen and oxygen atoms in total. The van der Waals surface area contributed by atoms with Crippen molar-refractivity contribution in [2.75, 3.05) is 5.32 Å². The van der Waals surface area contributed by atoms with E-state index in [1.807, 2.05) is 18.3 Å². The summed E-state index contributed by atoms with van der Waals surface area (Å²) < 4.78 is 0. The first-order chi connectivity index (χ1) is 12.1. The van der Waals surface area contributed by atoms with Crippen LogP contribution in [-0.2, 0) is 19.3 Å². The number of aryl methyl sites for hydroxylation is 3. The third-order valence-electron chi connectivity index (χ3n) is 4.25. The Morgan fingerprint density at radius 2 is 1.80 bits per heavy atom. The van der Waals surface area contributed by atoms with E-state index in [0.717, 1.165) is 42.8 Å². The molecule has 0 saturated heterocycles. The van der Waals surface area contributed by atoms with Crippen LogP contribution in [0.2, 0.25) is 0 Å². The van der Waals surface area contributed by atoms with Crippen LogP contribution < -0.4 is 5.32 Å². The summed E-state index contributed by atoms with van der Waals surface area (Å²) >= 11 is 0. The number of anilines is 1. The van der Waals surface area contributed by atoms with Gasteiger partial charge in [-0.15, -0.1) is 0 Å². The number of hydrogen-bond acceptors (Lipinski definition) is 2. The van der Waals surface area contributed by atoms with Crippen molar-refractivity contribution in [1.82, 2.24) is 4.98 Å². The van der Waals surface area contributed by atoms with E-state index in [9.17, 15) is 0 Å². The van der Waals surface area contributed by atoms with E-state index in [1.165, 1.54) is 16.7 Å². The quantitative estimate of drug-likeness (QED) is 0.580. The normalized spacial score (nSPS) is 11.2. The highest BCUT2D eigenvalue weighted by molar-refractivity contribution is 5.47. The fraction of sp³-hybridized carbons (Fsp3) is 0.261. The Morgan fingerprint density at radius 1 is 1.08 bits per heavy atom. The van der Waals surface area contributed by atoms with Gasteiger partial charge in [0.05, 0.1) is 0 Å². The van der Waals surface area contributed by atoms with Crippen LogP contribution in [0.15, 0.2) is 79.2 Å². The summed E-state index contributed by atoms with van der Waals surface area (Å²) in [7, 11) is 0. The average molecular weight is 332 g/mol. The van der Waals surface area contributed by atoms with Crippen LogP contribution in [-0.4, -0.2) is 4.98 Å². The predicted molar refractivity (Wildman–Crippen MR) is 109 cm³/mol. The Labute approximate surface area is 152 Å².